The van der Waals surface area contributed by atoms with Crippen LogP contribution in [-0.2, 0) is 6.42 Å². The molecule has 0 amide bonds. The molecule has 0 saturated carbocycles. The lowest BCUT2D eigenvalue weighted by Crippen LogP contribution is -2.34. The lowest BCUT2D eigenvalue weighted by molar-refractivity contribution is 0.227. The average molecular weight is 429 g/mol. The predicted molar refractivity (Wildman–Crippen MR) is 116 cm³/mol. The fourth-order valence-corrected chi connectivity index (χ4v) is 5.15. The number of anilines is 3. The molecule has 0 spiro atoms. The van der Waals surface area contributed by atoms with E-state index in [4.69, 9.17) is 4.98 Å². The summed E-state index contributed by atoms with van der Waals surface area (Å²) < 4.78 is 13.0. The van der Waals surface area contributed by atoms with Gasteiger partial charge in [0.1, 0.15) is 5.82 Å². The molecule has 1 fully saturated rings. The zero-order valence-electron chi connectivity index (χ0n) is 16.8. The molecule has 5 rings (SSSR count). The summed E-state index contributed by atoms with van der Waals surface area (Å²) >= 11 is 1.59. The molecule has 2 aliphatic heterocycles. The third kappa shape index (κ3) is 4.15. The van der Waals surface area contributed by atoms with Crippen LogP contribution in [0.4, 0.5) is 21.3 Å². The Morgan fingerprint density at radius 3 is 2.73 bits per heavy atom. The molecule has 0 aliphatic carbocycles. The third-order valence-electron chi connectivity index (χ3n) is 5.69. The first-order valence-electron chi connectivity index (χ1n) is 10.5. The number of fused-ring (bicyclic) bond motifs is 3. The minimum atomic E-state index is -0.459. The van der Waals surface area contributed by atoms with Gasteiger partial charge in [0, 0.05) is 24.4 Å². The number of aromatic nitrogens is 5. The number of piperidine rings is 1. The van der Waals surface area contributed by atoms with E-state index in [0.29, 0.717) is 11.1 Å². The molecule has 30 heavy (non-hydrogen) atoms. The molecule has 1 saturated heterocycles. The fourth-order valence-electron chi connectivity index (χ4n) is 4.19. The highest BCUT2D eigenvalue weighted by Gasteiger charge is 2.25. The predicted octanol–water partition coefficient (Wildman–Crippen LogP) is 3.44. The van der Waals surface area contributed by atoms with Crippen molar-refractivity contribution in [3.8, 4) is 11.3 Å². The highest BCUT2D eigenvalue weighted by Crippen LogP contribution is 2.39. The first kappa shape index (κ1) is 19.4. The first-order chi connectivity index (χ1) is 14.8. The van der Waals surface area contributed by atoms with Crippen LogP contribution in [-0.4, -0.2) is 62.8 Å². The van der Waals surface area contributed by atoms with E-state index in [1.165, 1.54) is 37.2 Å². The SMILES string of the molecule is Fc1cnc(Nc2nc3c(s2)CCN(CCCN2CCCCC2)c2[nH]ncc2-3)nc1. The Morgan fingerprint density at radius 2 is 1.90 bits per heavy atom. The number of likely N-dealkylation sites (tertiary alicyclic amines) is 1. The summed E-state index contributed by atoms with van der Waals surface area (Å²) in [4.78, 5) is 18.9. The number of nitrogens with one attached hydrogen (secondary N) is 2. The number of hydrogen-bond acceptors (Lipinski definition) is 8. The van der Waals surface area contributed by atoms with E-state index in [0.717, 1.165) is 61.9 Å². The Balaban J connectivity index is 1.28. The summed E-state index contributed by atoms with van der Waals surface area (Å²) in [7, 11) is 0. The van der Waals surface area contributed by atoms with E-state index in [1.807, 2.05) is 6.20 Å². The van der Waals surface area contributed by atoms with Gasteiger partial charge >= 0.3 is 0 Å². The fraction of sp³-hybridized carbons (Fsp3) is 0.500. The van der Waals surface area contributed by atoms with Crippen molar-refractivity contribution in [3.63, 3.8) is 0 Å². The maximum Gasteiger partial charge on any atom is 0.229 e. The van der Waals surface area contributed by atoms with Gasteiger partial charge in [-0.2, -0.15) is 5.10 Å². The van der Waals surface area contributed by atoms with Crippen LogP contribution in [0.3, 0.4) is 0 Å². The molecule has 0 atom stereocenters. The summed E-state index contributed by atoms with van der Waals surface area (Å²) in [6, 6.07) is 0. The summed E-state index contributed by atoms with van der Waals surface area (Å²) in [5.74, 6) is 0.924. The monoisotopic (exact) mass is 428 g/mol. The molecule has 158 valence electrons. The van der Waals surface area contributed by atoms with Gasteiger partial charge in [-0.05, 0) is 38.9 Å². The normalized spacial score (nSPS) is 16.8. The number of H-pyrrole nitrogens is 1. The van der Waals surface area contributed by atoms with Crippen LogP contribution >= 0.6 is 11.3 Å². The van der Waals surface area contributed by atoms with Crippen LogP contribution < -0.4 is 10.2 Å². The number of nitrogens with zero attached hydrogens (tertiary/aromatic N) is 6. The topological polar surface area (TPSA) is 85.9 Å². The van der Waals surface area contributed by atoms with Crippen LogP contribution in [0, 0.1) is 5.82 Å². The Bertz CT molecular complexity index is 979. The molecule has 0 radical (unpaired) electrons. The van der Waals surface area contributed by atoms with Gasteiger partial charge in [0.2, 0.25) is 5.95 Å². The van der Waals surface area contributed by atoms with E-state index in [-0.39, 0.29) is 0 Å². The average Bonchev–Trinajstić information content (AvgIpc) is 3.37. The molecule has 2 N–H and O–H groups in total. The van der Waals surface area contributed by atoms with E-state index >= 15 is 0 Å². The molecule has 3 aromatic rings. The first-order valence-corrected chi connectivity index (χ1v) is 11.3. The second-order valence-corrected chi connectivity index (χ2v) is 8.85. The standard InChI is InChI=1S/C20H25FN8S/c21-14-11-22-19(23-12-14)26-20-25-17-15-13-24-27-18(15)29(10-5-16(17)30-20)9-4-8-28-6-2-1-3-7-28/h11-13H,1-10H2,(H,24,27)(H,22,23,25,26). The molecule has 10 heteroatoms. The maximum atomic E-state index is 13.0. The van der Waals surface area contributed by atoms with Gasteiger partial charge in [0.15, 0.2) is 10.9 Å². The van der Waals surface area contributed by atoms with Gasteiger partial charge in [-0.3, -0.25) is 5.10 Å². The Labute approximate surface area is 178 Å². The highest BCUT2D eigenvalue weighted by molar-refractivity contribution is 7.16. The number of rotatable bonds is 6. The molecule has 5 heterocycles. The third-order valence-corrected chi connectivity index (χ3v) is 6.72. The van der Waals surface area contributed by atoms with E-state index < -0.39 is 5.82 Å². The summed E-state index contributed by atoms with van der Waals surface area (Å²) in [6.07, 6.45) is 10.3. The maximum absolute atomic E-state index is 13.0. The van der Waals surface area contributed by atoms with Crippen molar-refractivity contribution in [1.29, 1.82) is 0 Å². The zero-order chi connectivity index (χ0) is 20.3. The largest absolute Gasteiger partial charge is 0.356 e. The molecular weight excluding hydrogens is 403 g/mol. The van der Waals surface area contributed by atoms with E-state index in [9.17, 15) is 4.39 Å². The lowest BCUT2D eigenvalue weighted by atomic mass is 10.1. The van der Waals surface area contributed by atoms with Gasteiger partial charge in [-0.1, -0.05) is 6.42 Å². The van der Waals surface area contributed by atoms with Crippen LogP contribution in [0.15, 0.2) is 18.6 Å². The number of thiazole rings is 1. The summed E-state index contributed by atoms with van der Waals surface area (Å²) in [6.45, 7) is 5.58. The number of hydrogen-bond donors (Lipinski definition) is 2. The Hall–Kier alpha value is -2.59. The van der Waals surface area contributed by atoms with Crippen molar-refractivity contribution in [1.82, 2.24) is 30.0 Å². The number of halogens is 1. The summed E-state index contributed by atoms with van der Waals surface area (Å²) in [5, 5.41) is 11.3. The van der Waals surface area contributed by atoms with Gasteiger partial charge in [0.05, 0.1) is 29.8 Å². The van der Waals surface area contributed by atoms with Crippen molar-refractivity contribution < 1.29 is 4.39 Å². The van der Waals surface area contributed by atoms with Gasteiger partial charge in [-0.15, -0.1) is 11.3 Å². The minimum absolute atomic E-state index is 0.340. The second kappa shape index (κ2) is 8.65. The van der Waals surface area contributed by atoms with Gasteiger partial charge < -0.3 is 15.1 Å². The van der Waals surface area contributed by atoms with Crippen molar-refractivity contribution in [2.75, 3.05) is 42.9 Å². The molecule has 0 aromatic carbocycles. The summed E-state index contributed by atoms with van der Waals surface area (Å²) in [5.41, 5.74) is 1.98. The van der Waals surface area contributed by atoms with Crippen LogP contribution in [0.2, 0.25) is 0 Å². The van der Waals surface area contributed by atoms with Crippen molar-refractivity contribution in [2.24, 2.45) is 0 Å². The van der Waals surface area contributed by atoms with E-state index in [1.54, 1.807) is 11.3 Å². The van der Waals surface area contributed by atoms with Gasteiger partial charge in [-0.25, -0.2) is 19.3 Å². The van der Waals surface area contributed by atoms with Crippen molar-refractivity contribution in [3.05, 3.63) is 29.3 Å². The minimum Gasteiger partial charge on any atom is -0.356 e. The van der Waals surface area contributed by atoms with E-state index in [2.05, 4.69) is 35.3 Å². The molecular formula is C20H25FN8S. The lowest BCUT2D eigenvalue weighted by Gasteiger charge is -2.28. The second-order valence-electron chi connectivity index (χ2n) is 7.77. The molecule has 0 bridgehead atoms. The molecule has 0 unspecified atom stereocenters. The quantitative estimate of drug-likeness (QED) is 0.622. The molecule has 2 aliphatic rings. The van der Waals surface area contributed by atoms with Crippen molar-refractivity contribution in [2.45, 2.75) is 32.1 Å². The Morgan fingerprint density at radius 1 is 1.07 bits per heavy atom. The highest BCUT2D eigenvalue weighted by atomic mass is 32.1. The van der Waals surface area contributed by atoms with Crippen LogP contribution in [0.5, 0.6) is 0 Å². The molecule has 3 aromatic heterocycles. The Kier molecular flexibility index (Phi) is 5.58. The molecule has 8 nitrogen and oxygen atoms in total. The van der Waals surface area contributed by atoms with Crippen molar-refractivity contribution >= 4 is 28.2 Å². The number of aromatic amines is 1. The van der Waals surface area contributed by atoms with Crippen LogP contribution in [0.25, 0.3) is 11.3 Å². The smallest absolute Gasteiger partial charge is 0.229 e. The van der Waals surface area contributed by atoms with Crippen LogP contribution in [0.1, 0.15) is 30.6 Å². The van der Waals surface area contributed by atoms with Gasteiger partial charge in [0.25, 0.3) is 0 Å². The zero-order valence-corrected chi connectivity index (χ0v) is 17.6.